The summed E-state index contributed by atoms with van der Waals surface area (Å²) in [6, 6.07) is 4.74. The molecule has 0 aromatic heterocycles. The molecule has 0 saturated heterocycles. The van der Waals surface area contributed by atoms with E-state index in [1.165, 1.54) is 6.07 Å². The summed E-state index contributed by atoms with van der Waals surface area (Å²) < 4.78 is 22.6. The summed E-state index contributed by atoms with van der Waals surface area (Å²) in [7, 11) is -3.77. The Balaban J connectivity index is 3.04. The topological polar surface area (TPSA) is 98.2 Å². The van der Waals surface area contributed by atoms with Crippen molar-refractivity contribution in [3.05, 3.63) is 18.2 Å². The van der Waals surface area contributed by atoms with Gasteiger partial charge in [0.25, 0.3) is 0 Å². The van der Waals surface area contributed by atoms with Crippen LogP contribution in [-0.4, -0.2) is 15.0 Å². The van der Waals surface area contributed by atoms with Crippen LogP contribution in [0.5, 0.6) is 0 Å². The zero-order chi connectivity index (χ0) is 13.3. The first-order valence-electron chi connectivity index (χ1n) is 5.26. The smallest absolute Gasteiger partial charge is 0.240 e. The molecule has 1 aromatic carbocycles. The molecule has 17 heavy (non-hydrogen) atoms. The lowest BCUT2D eigenvalue weighted by atomic mass is 9.97. The minimum atomic E-state index is -3.77. The van der Waals surface area contributed by atoms with E-state index in [0.29, 0.717) is 12.2 Å². The Morgan fingerprint density at radius 1 is 1.29 bits per heavy atom. The predicted octanol–water partition coefficient (Wildman–Crippen LogP) is 1.37. The van der Waals surface area contributed by atoms with E-state index >= 15 is 0 Å². The largest absolute Gasteiger partial charge is 0.396 e. The minimum Gasteiger partial charge on any atom is -0.396 e. The number of sulfonamides is 1. The summed E-state index contributed by atoms with van der Waals surface area (Å²) in [6.07, 6.45) is 0. The van der Waals surface area contributed by atoms with Crippen LogP contribution < -0.4 is 16.2 Å². The van der Waals surface area contributed by atoms with E-state index < -0.39 is 10.0 Å². The average Bonchev–Trinajstić information content (AvgIpc) is 2.13. The average molecular weight is 257 g/mol. The van der Waals surface area contributed by atoms with Gasteiger partial charge in [0.2, 0.25) is 10.0 Å². The molecule has 0 saturated carbocycles. The first kappa shape index (κ1) is 13.8. The lowest BCUT2D eigenvalue weighted by Gasteiger charge is -2.21. The molecule has 0 aliphatic rings. The van der Waals surface area contributed by atoms with Gasteiger partial charge in [-0.05, 0) is 17.5 Å². The number of primary sulfonamides is 1. The van der Waals surface area contributed by atoms with Gasteiger partial charge in [-0.2, -0.15) is 0 Å². The van der Waals surface area contributed by atoms with E-state index in [-0.39, 0.29) is 16.0 Å². The van der Waals surface area contributed by atoms with Crippen molar-refractivity contribution in [2.45, 2.75) is 25.7 Å². The summed E-state index contributed by atoms with van der Waals surface area (Å²) in [4.78, 5) is -0.0450. The van der Waals surface area contributed by atoms with E-state index in [0.717, 1.165) is 0 Å². The van der Waals surface area contributed by atoms with Gasteiger partial charge in [0.15, 0.2) is 0 Å². The van der Waals surface area contributed by atoms with E-state index in [9.17, 15) is 8.42 Å². The van der Waals surface area contributed by atoms with Crippen molar-refractivity contribution >= 4 is 21.4 Å². The molecule has 5 nitrogen and oxygen atoms in total. The number of rotatable bonds is 3. The lowest BCUT2D eigenvalue weighted by Crippen LogP contribution is -2.21. The molecule has 0 aliphatic carbocycles. The predicted molar refractivity (Wildman–Crippen MR) is 70.2 cm³/mol. The maximum atomic E-state index is 11.3. The summed E-state index contributed by atoms with van der Waals surface area (Å²) in [6.45, 7) is 6.89. The number of hydrogen-bond acceptors (Lipinski definition) is 4. The number of anilines is 2. The van der Waals surface area contributed by atoms with Crippen LogP contribution in [0.15, 0.2) is 23.1 Å². The number of nitrogen functional groups attached to an aromatic ring is 1. The van der Waals surface area contributed by atoms with Crippen molar-refractivity contribution in [2.75, 3.05) is 17.6 Å². The molecule has 1 rings (SSSR count). The zero-order valence-corrected chi connectivity index (χ0v) is 11.1. The highest BCUT2D eigenvalue weighted by molar-refractivity contribution is 7.89. The maximum Gasteiger partial charge on any atom is 0.240 e. The van der Waals surface area contributed by atoms with Gasteiger partial charge in [-0.25, -0.2) is 13.6 Å². The highest BCUT2D eigenvalue weighted by Gasteiger charge is 2.16. The Morgan fingerprint density at radius 2 is 1.88 bits per heavy atom. The van der Waals surface area contributed by atoms with Crippen LogP contribution in [0, 0.1) is 5.41 Å². The highest BCUT2D eigenvalue weighted by atomic mass is 32.2. The second-order valence-corrected chi connectivity index (χ2v) is 6.71. The van der Waals surface area contributed by atoms with Crippen LogP contribution in [0.3, 0.4) is 0 Å². The Labute approximate surface area is 102 Å². The Bertz CT molecular complexity index is 504. The van der Waals surface area contributed by atoms with Crippen molar-refractivity contribution in [3.63, 3.8) is 0 Å². The molecule has 0 amide bonds. The Kier molecular flexibility index (Phi) is 3.68. The van der Waals surface area contributed by atoms with Crippen molar-refractivity contribution in [1.82, 2.24) is 0 Å². The van der Waals surface area contributed by atoms with Gasteiger partial charge in [-0.15, -0.1) is 0 Å². The van der Waals surface area contributed by atoms with Gasteiger partial charge in [-0.1, -0.05) is 26.8 Å². The molecule has 0 radical (unpaired) electrons. The molecule has 0 aliphatic heterocycles. The number of nitrogens with one attached hydrogen (secondary N) is 1. The number of hydrogen-bond donors (Lipinski definition) is 3. The van der Waals surface area contributed by atoms with Crippen LogP contribution in [0.4, 0.5) is 11.4 Å². The monoisotopic (exact) mass is 257 g/mol. The van der Waals surface area contributed by atoms with Crippen LogP contribution in [0.1, 0.15) is 20.8 Å². The van der Waals surface area contributed by atoms with Crippen LogP contribution in [0.2, 0.25) is 0 Å². The summed E-state index contributed by atoms with van der Waals surface area (Å²) in [5, 5.41) is 8.19. The molecule has 0 unspecified atom stereocenters. The number of benzene rings is 1. The van der Waals surface area contributed by atoms with Crippen molar-refractivity contribution in [3.8, 4) is 0 Å². The van der Waals surface area contributed by atoms with Crippen LogP contribution >= 0.6 is 0 Å². The van der Waals surface area contributed by atoms with Crippen molar-refractivity contribution < 1.29 is 8.42 Å². The quantitative estimate of drug-likeness (QED) is 0.712. The Morgan fingerprint density at radius 3 is 2.35 bits per heavy atom. The minimum absolute atomic E-state index is 0.0450. The van der Waals surface area contributed by atoms with E-state index in [1.54, 1.807) is 12.1 Å². The third-order valence-electron chi connectivity index (χ3n) is 2.18. The normalized spacial score (nSPS) is 12.5. The molecular formula is C11H19N3O2S. The standard InChI is InChI=1S/C11H19N3O2S/c1-11(2,3)7-14-8-5-4-6-9(10(8)12)17(13,15)16/h4-6,14H,7,12H2,1-3H3,(H2,13,15,16). The molecule has 0 spiro atoms. The molecule has 0 bridgehead atoms. The first-order chi connectivity index (χ1) is 7.61. The van der Waals surface area contributed by atoms with E-state index in [4.69, 9.17) is 10.9 Å². The molecule has 5 N–H and O–H groups in total. The van der Waals surface area contributed by atoms with Gasteiger partial charge in [0.1, 0.15) is 4.90 Å². The first-order valence-corrected chi connectivity index (χ1v) is 6.81. The lowest BCUT2D eigenvalue weighted by molar-refractivity contribution is 0.443. The molecule has 0 atom stereocenters. The fourth-order valence-corrected chi connectivity index (χ4v) is 1.99. The molecule has 6 heteroatoms. The third-order valence-corrected chi connectivity index (χ3v) is 3.15. The van der Waals surface area contributed by atoms with Crippen molar-refractivity contribution in [2.24, 2.45) is 10.6 Å². The second-order valence-electron chi connectivity index (χ2n) is 5.18. The summed E-state index contributed by atoms with van der Waals surface area (Å²) >= 11 is 0. The van der Waals surface area contributed by atoms with Gasteiger partial charge in [0.05, 0.1) is 11.4 Å². The summed E-state index contributed by atoms with van der Waals surface area (Å²) in [5.41, 5.74) is 6.61. The molecule has 0 fully saturated rings. The van der Waals surface area contributed by atoms with Gasteiger partial charge in [-0.3, -0.25) is 0 Å². The molecular weight excluding hydrogens is 238 g/mol. The highest BCUT2D eigenvalue weighted by Crippen LogP contribution is 2.26. The number of nitrogens with two attached hydrogens (primary N) is 2. The van der Waals surface area contributed by atoms with Crippen LogP contribution in [0.25, 0.3) is 0 Å². The zero-order valence-electron chi connectivity index (χ0n) is 10.3. The van der Waals surface area contributed by atoms with Gasteiger partial charge >= 0.3 is 0 Å². The maximum absolute atomic E-state index is 11.3. The van der Waals surface area contributed by atoms with E-state index in [1.807, 2.05) is 0 Å². The molecule has 0 heterocycles. The molecule has 96 valence electrons. The van der Waals surface area contributed by atoms with E-state index in [2.05, 4.69) is 26.1 Å². The van der Waals surface area contributed by atoms with Crippen molar-refractivity contribution in [1.29, 1.82) is 0 Å². The fraction of sp³-hybridized carbons (Fsp3) is 0.455. The summed E-state index contributed by atoms with van der Waals surface area (Å²) in [5.74, 6) is 0. The van der Waals surface area contributed by atoms with Gasteiger partial charge in [0, 0.05) is 6.54 Å². The SMILES string of the molecule is CC(C)(C)CNc1cccc(S(N)(=O)=O)c1N. The Hall–Kier alpha value is -1.27. The molecule has 1 aromatic rings. The van der Waals surface area contributed by atoms with Crippen LogP contribution in [-0.2, 0) is 10.0 Å². The second kappa shape index (κ2) is 4.54. The fourth-order valence-electron chi connectivity index (χ4n) is 1.31. The van der Waals surface area contributed by atoms with Gasteiger partial charge < -0.3 is 11.1 Å². The number of para-hydroxylation sites is 1. The third kappa shape index (κ3) is 3.90.